The molecule has 1 heterocycles. The van der Waals surface area contributed by atoms with Gasteiger partial charge in [-0.15, -0.1) is 0 Å². The molecule has 0 aliphatic rings. The first-order valence-corrected chi connectivity index (χ1v) is 4.86. The van der Waals surface area contributed by atoms with Crippen LogP contribution < -0.4 is 4.74 Å². The van der Waals surface area contributed by atoms with Crippen molar-refractivity contribution in [3.8, 4) is 5.75 Å². The van der Waals surface area contributed by atoms with Crippen LogP contribution in [0.3, 0.4) is 0 Å². The van der Waals surface area contributed by atoms with Gasteiger partial charge in [-0.1, -0.05) is 0 Å². The van der Waals surface area contributed by atoms with Gasteiger partial charge in [0.25, 0.3) is 0 Å². The van der Waals surface area contributed by atoms with E-state index in [2.05, 4.69) is 20.9 Å². The second kappa shape index (κ2) is 4.95. The van der Waals surface area contributed by atoms with E-state index >= 15 is 0 Å². The zero-order valence-corrected chi connectivity index (χ0v) is 9.19. The largest absolute Gasteiger partial charge is 0.488 e. The Morgan fingerprint density at radius 2 is 2.43 bits per heavy atom. The summed E-state index contributed by atoms with van der Waals surface area (Å²) in [6, 6.07) is 1.74. The molecule has 0 bridgehead atoms. The molecule has 0 aromatic carbocycles. The quantitative estimate of drug-likeness (QED) is 0.900. The number of carboxylic acid groups (broad SMARTS) is 1. The number of aromatic nitrogens is 1. The minimum Gasteiger partial charge on any atom is -0.488 e. The lowest BCUT2D eigenvalue weighted by Crippen LogP contribution is -2.16. The van der Waals surface area contributed by atoms with Crippen LogP contribution in [0, 0.1) is 0 Å². The number of hydrogen-bond donors (Lipinski definition) is 1. The maximum Gasteiger partial charge on any atom is 0.307 e. The van der Waals surface area contributed by atoms with E-state index in [9.17, 15) is 4.79 Å². The van der Waals surface area contributed by atoms with Gasteiger partial charge in [-0.05, 0) is 28.9 Å². The van der Waals surface area contributed by atoms with Gasteiger partial charge in [0.15, 0.2) is 0 Å². The predicted octanol–water partition coefficient (Wildman–Crippen LogP) is 2.09. The van der Waals surface area contributed by atoms with Gasteiger partial charge in [0.05, 0.1) is 12.6 Å². The van der Waals surface area contributed by atoms with E-state index in [1.807, 2.05) is 0 Å². The Morgan fingerprint density at radius 3 is 3.00 bits per heavy atom. The topological polar surface area (TPSA) is 59.4 Å². The van der Waals surface area contributed by atoms with Crippen molar-refractivity contribution >= 4 is 21.9 Å². The van der Waals surface area contributed by atoms with E-state index < -0.39 is 5.97 Å². The lowest BCUT2D eigenvalue weighted by Gasteiger charge is -2.11. The number of pyridine rings is 1. The zero-order chi connectivity index (χ0) is 10.6. The Hall–Kier alpha value is -1.10. The zero-order valence-electron chi connectivity index (χ0n) is 7.61. The number of aliphatic carboxylic acids is 1. The predicted molar refractivity (Wildman–Crippen MR) is 54.3 cm³/mol. The van der Waals surface area contributed by atoms with Gasteiger partial charge < -0.3 is 9.84 Å². The number of halogens is 1. The second-order valence-corrected chi connectivity index (χ2v) is 3.78. The molecular formula is C9H10BrNO3. The minimum absolute atomic E-state index is 0.0213. The van der Waals surface area contributed by atoms with Gasteiger partial charge in [-0.2, -0.15) is 0 Å². The average molecular weight is 260 g/mol. The van der Waals surface area contributed by atoms with E-state index in [0.717, 1.165) is 4.47 Å². The maximum absolute atomic E-state index is 10.4. The highest BCUT2D eigenvalue weighted by Crippen LogP contribution is 2.17. The van der Waals surface area contributed by atoms with Crippen molar-refractivity contribution in [3.05, 3.63) is 22.9 Å². The smallest absolute Gasteiger partial charge is 0.307 e. The fourth-order valence-electron chi connectivity index (χ4n) is 0.977. The summed E-state index contributed by atoms with van der Waals surface area (Å²) in [6.07, 6.45) is 2.80. The van der Waals surface area contributed by atoms with Crippen molar-refractivity contribution in [2.45, 2.75) is 19.4 Å². The molecule has 0 aliphatic heterocycles. The summed E-state index contributed by atoms with van der Waals surface area (Å²) >= 11 is 3.24. The van der Waals surface area contributed by atoms with Crippen LogP contribution in [0.4, 0.5) is 0 Å². The lowest BCUT2D eigenvalue weighted by atomic mass is 10.3. The highest BCUT2D eigenvalue weighted by Gasteiger charge is 2.09. The summed E-state index contributed by atoms with van der Waals surface area (Å²) in [7, 11) is 0. The molecule has 1 aromatic rings. The Morgan fingerprint density at radius 1 is 1.71 bits per heavy atom. The van der Waals surface area contributed by atoms with Crippen LogP contribution in [0.25, 0.3) is 0 Å². The molecule has 0 saturated carbocycles. The van der Waals surface area contributed by atoms with E-state index in [1.54, 1.807) is 25.4 Å². The van der Waals surface area contributed by atoms with Crippen LogP contribution in [0.2, 0.25) is 0 Å². The Labute approximate surface area is 90.0 Å². The number of carboxylic acids is 1. The standard InChI is InChI=1S/C9H10BrNO3/c1-6(2-9(12)13)14-8-3-7(10)4-11-5-8/h3-6H,2H2,1H3,(H,12,13)/t6-/m0/s1. The third-order valence-corrected chi connectivity index (χ3v) is 1.91. The van der Waals surface area contributed by atoms with Gasteiger partial charge in [0.2, 0.25) is 0 Å². The molecule has 76 valence electrons. The van der Waals surface area contributed by atoms with Gasteiger partial charge in [0.1, 0.15) is 11.9 Å². The van der Waals surface area contributed by atoms with Gasteiger partial charge in [0, 0.05) is 10.7 Å². The number of rotatable bonds is 4. The van der Waals surface area contributed by atoms with Crippen molar-refractivity contribution in [2.24, 2.45) is 0 Å². The van der Waals surface area contributed by atoms with Crippen LogP contribution in [-0.2, 0) is 4.79 Å². The van der Waals surface area contributed by atoms with Crippen molar-refractivity contribution in [1.29, 1.82) is 0 Å². The SMILES string of the molecule is C[C@@H](CC(=O)O)Oc1cncc(Br)c1. The lowest BCUT2D eigenvalue weighted by molar-refractivity contribution is -0.138. The normalized spacial score (nSPS) is 12.1. The number of carbonyl (C=O) groups is 1. The summed E-state index contributed by atoms with van der Waals surface area (Å²) in [6.45, 7) is 1.70. The van der Waals surface area contributed by atoms with E-state index in [4.69, 9.17) is 9.84 Å². The van der Waals surface area contributed by atoms with Crippen molar-refractivity contribution in [1.82, 2.24) is 4.98 Å². The van der Waals surface area contributed by atoms with Crippen LogP contribution in [0.15, 0.2) is 22.9 Å². The Kier molecular flexibility index (Phi) is 3.88. The van der Waals surface area contributed by atoms with Gasteiger partial charge in [-0.25, -0.2) is 0 Å². The van der Waals surface area contributed by atoms with Crippen LogP contribution in [-0.4, -0.2) is 22.2 Å². The molecule has 1 rings (SSSR count). The van der Waals surface area contributed by atoms with Gasteiger partial charge in [-0.3, -0.25) is 9.78 Å². The molecule has 1 aromatic heterocycles. The molecule has 0 unspecified atom stereocenters. The molecule has 5 heteroatoms. The molecule has 0 amide bonds. The highest BCUT2D eigenvalue weighted by atomic mass is 79.9. The maximum atomic E-state index is 10.4. The van der Waals surface area contributed by atoms with Crippen molar-refractivity contribution in [2.75, 3.05) is 0 Å². The van der Waals surface area contributed by atoms with E-state index in [-0.39, 0.29) is 12.5 Å². The molecule has 14 heavy (non-hydrogen) atoms. The summed E-state index contributed by atoms with van der Waals surface area (Å²) in [4.78, 5) is 14.3. The van der Waals surface area contributed by atoms with Crippen LogP contribution in [0.5, 0.6) is 5.75 Å². The van der Waals surface area contributed by atoms with Crippen molar-refractivity contribution in [3.63, 3.8) is 0 Å². The molecule has 0 fully saturated rings. The minimum atomic E-state index is -0.875. The Bertz CT molecular complexity index is 330. The molecule has 0 aliphatic carbocycles. The molecule has 0 spiro atoms. The third-order valence-electron chi connectivity index (χ3n) is 1.48. The molecule has 1 N–H and O–H groups in total. The Balaban J connectivity index is 2.55. The summed E-state index contributed by atoms with van der Waals surface area (Å²) in [5, 5.41) is 8.51. The fraction of sp³-hybridized carbons (Fsp3) is 0.333. The molecule has 1 atom stereocenters. The molecular weight excluding hydrogens is 250 g/mol. The van der Waals surface area contributed by atoms with E-state index in [0.29, 0.717) is 5.75 Å². The first-order valence-electron chi connectivity index (χ1n) is 4.07. The average Bonchev–Trinajstić information content (AvgIpc) is 2.01. The van der Waals surface area contributed by atoms with Gasteiger partial charge >= 0.3 is 5.97 Å². The van der Waals surface area contributed by atoms with Crippen LogP contribution in [0.1, 0.15) is 13.3 Å². The van der Waals surface area contributed by atoms with Crippen molar-refractivity contribution < 1.29 is 14.6 Å². The number of ether oxygens (including phenoxy) is 1. The summed E-state index contributed by atoms with van der Waals surface area (Å²) in [5.41, 5.74) is 0. The molecule has 0 radical (unpaired) electrons. The first-order chi connectivity index (χ1) is 6.58. The fourth-order valence-corrected chi connectivity index (χ4v) is 1.32. The first kappa shape index (κ1) is 11.0. The molecule has 4 nitrogen and oxygen atoms in total. The van der Waals surface area contributed by atoms with E-state index in [1.165, 1.54) is 0 Å². The number of nitrogens with zero attached hydrogens (tertiary/aromatic N) is 1. The summed E-state index contributed by atoms with van der Waals surface area (Å²) < 4.78 is 6.14. The molecule has 0 saturated heterocycles. The highest BCUT2D eigenvalue weighted by molar-refractivity contribution is 9.10. The second-order valence-electron chi connectivity index (χ2n) is 2.87. The third kappa shape index (κ3) is 3.74. The number of hydrogen-bond acceptors (Lipinski definition) is 3. The summed E-state index contributed by atoms with van der Waals surface area (Å²) in [5.74, 6) is -0.311. The van der Waals surface area contributed by atoms with Crippen LogP contribution >= 0.6 is 15.9 Å². The monoisotopic (exact) mass is 259 g/mol.